The molecule has 0 amide bonds. The van der Waals surface area contributed by atoms with Crippen molar-refractivity contribution in [2.24, 2.45) is 5.92 Å². The fourth-order valence-electron chi connectivity index (χ4n) is 1.88. The average molecular weight is 285 g/mol. The summed E-state index contributed by atoms with van der Waals surface area (Å²) in [6.45, 7) is 2.23. The minimum Gasteiger partial charge on any atom is -0.366 e. The first-order valence-electron chi connectivity index (χ1n) is 5.71. The van der Waals surface area contributed by atoms with E-state index in [4.69, 9.17) is 0 Å². The van der Waals surface area contributed by atoms with Crippen molar-refractivity contribution in [2.45, 2.75) is 32.2 Å². The maximum Gasteiger partial charge on any atom is 0.224 e. The molecular formula is C11H17BrN4. The summed E-state index contributed by atoms with van der Waals surface area (Å²) in [7, 11) is 1.82. The van der Waals surface area contributed by atoms with Crippen molar-refractivity contribution in [1.82, 2.24) is 9.97 Å². The van der Waals surface area contributed by atoms with Gasteiger partial charge in [0.05, 0.1) is 4.47 Å². The molecule has 0 aromatic carbocycles. The van der Waals surface area contributed by atoms with Crippen molar-refractivity contribution in [3.63, 3.8) is 0 Å². The molecule has 1 fully saturated rings. The van der Waals surface area contributed by atoms with Crippen LogP contribution in [0.5, 0.6) is 0 Å². The topological polar surface area (TPSA) is 49.8 Å². The molecule has 0 radical (unpaired) electrons. The molecule has 1 aromatic rings. The number of hydrogen-bond acceptors (Lipinski definition) is 4. The first kappa shape index (κ1) is 11.6. The van der Waals surface area contributed by atoms with Crippen LogP contribution in [0.2, 0.25) is 0 Å². The highest BCUT2D eigenvalue weighted by atomic mass is 79.9. The predicted molar refractivity (Wildman–Crippen MR) is 69.7 cm³/mol. The fraction of sp³-hybridized carbons (Fsp3) is 0.636. The zero-order chi connectivity index (χ0) is 11.5. The molecule has 1 aromatic heterocycles. The van der Waals surface area contributed by atoms with Crippen LogP contribution >= 0.6 is 15.9 Å². The number of nitrogens with one attached hydrogen (secondary N) is 2. The summed E-state index contributed by atoms with van der Waals surface area (Å²) >= 11 is 3.46. The summed E-state index contributed by atoms with van der Waals surface area (Å²) in [5.74, 6) is 2.37. The minimum absolute atomic E-state index is 0.593. The zero-order valence-electron chi connectivity index (χ0n) is 9.63. The number of aromatic nitrogens is 2. The summed E-state index contributed by atoms with van der Waals surface area (Å²) in [5, 5.41) is 6.40. The van der Waals surface area contributed by atoms with E-state index in [1.54, 1.807) is 6.20 Å². The Morgan fingerprint density at radius 2 is 2.38 bits per heavy atom. The summed E-state index contributed by atoms with van der Waals surface area (Å²) < 4.78 is 0.925. The molecule has 1 heterocycles. The summed E-state index contributed by atoms with van der Waals surface area (Å²) in [6, 6.07) is 0.593. The molecule has 0 saturated heterocycles. The second-order valence-electron chi connectivity index (χ2n) is 4.18. The van der Waals surface area contributed by atoms with E-state index in [9.17, 15) is 0 Å². The lowest BCUT2D eigenvalue weighted by Gasteiger charge is -2.08. The van der Waals surface area contributed by atoms with Gasteiger partial charge in [-0.15, -0.1) is 0 Å². The number of halogens is 1. The Morgan fingerprint density at radius 1 is 1.56 bits per heavy atom. The second-order valence-corrected chi connectivity index (χ2v) is 5.03. The molecule has 0 aliphatic heterocycles. The van der Waals surface area contributed by atoms with Gasteiger partial charge in [-0.3, -0.25) is 0 Å². The van der Waals surface area contributed by atoms with Gasteiger partial charge in [0, 0.05) is 19.3 Å². The van der Waals surface area contributed by atoms with Crippen molar-refractivity contribution >= 4 is 27.7 Å². The lowest BCUT2D eigenvalue weighted by Crippen LogP contribution is -2.08. The molecule has 5 heteroatoms. The van der Waals surface area contributed by atoms with Gasteiger partial charge in [-0.2, -0.15) is 4.98 Å². The maximum absolute atomic E-state index is 4.39. The van der Waals surface area contributed by atoms with Crippen LogP contribution in [0.1, 0.15) is 26.2 Å². The van der Waals surface area contributed by atoms with Crippen LogP contribution in [0.15, 0.2) is 10.7 Å². The Kier molecular flexibility index (Phi) is 3.63. The van der Waals surface area contributed by atoms with E-state index >= 15 is 0 Å². The average Bonchev–Trinajstić information content (AvgIpc) is 3.00. The van der Waals surface area contributed by atoms with Gasteiger partial charge in [0.25, 0.3) is 0 Å². The van der Waals surface area contributed by atoms with E-state index in [1.165, 1.54) is 19.3 Å². The van der Waals surface area contributed by atoms with Crippen molar-refractivity contribution in [1.29, 1.82) is 0 Å². The Hall–Kier alpha value is -0.840. The summed E-state index contributed by atoms with van der Waals surface area (Å²) in [4.78, 5) is 8.52. The third-order valence-corrected chi connectivity index (χ3v) is 3.45. The normalized spacial score (nSPS) is 22.9. The van der Waals surface area contributed by atoms with Crippen molar-refractivity contribution in [2.75, 3.05) is 17.7 Å². The van der Waals surface area contributed by atoms with Gasteiger partial charge in [0.1, 0.15) is 5.82 Å². The standard InChI is InChI=1S/C11H17BrN4/c1-3-4-7-5-9(7)15-10-8(12)6-14-11(13-2)16-10/h6-7,9H,3-5H2,1-2H3,(H2,13,14,15,16). The zero-order valence-corrected chi connectivity index (χ0v) is 11.2. The fourth-order valence-corrected chi connectivity index (χ4v) is 2.18. The monoisotopic (exact) mass is 284 g/mol. The van der Waals surface area contributed by atoms with Crippen LogP contribution in [0, 0.1) is 5.92 Å². The maximum atomic E-state index is 4.39. The molecule has 2 atom stereocenters. The molecule has 2 rings (SSSR count). The quantitative estimate of drug-likeness (QED) is 0.873. The molecule has 1 saturated carbocycles. The highest BCUT2D eigenvalue weighted by molar-refractivity contribution is 9.10. The smallest absolute Gasteiger partial charge is 0.224 e. The SMILES string of the molecule is CCCC1CC1Nc1nc(NC)ncc1Br. The molecule has 2 unspecified atom stereocenters. The third-order valence-electron chi connectivity index (χ3n) is 2.87. The largest absolute Gasteiger partial charge is 0.366 e. The molecule has 4 nitrogen and oxygen atoms in total. The van der Waals surface area contributed by atoms with Crippen LogP contribution in [0.25, 0.3) is 0 Å². The van der Waals surface area contributed by atoms with Crippen LogP contribution in [-0.4, -0.2) is 23.1 Å². The van der Waals surface area contributed by atoms with Gasteiger partial charge < -0.3 is 10.6 Å². The van der Waals surface area contributed by atoms with E-state index in [-0.39, 0.29) is 0 Å². The van der Waals surface area contributed by atoms with Crippen LogP contribution in [0.4, 0.5) is 11.8 Å². The molecular weight excluding hydrogens is 268 g/mol. The van der Waals surface area contributed by atoms with Crippen molar-refractivity contribution < 1.29 is 0 Å². The molecule has 88 valence electrons. The lowest BCUT2D eigenvalue weighted by molar-refractivity contribution is 0.692. The van der Waals surface area contributed by atoms with E-state index in [1.807, 2.05) is 7.05 Å². The minimum atomic E-state index is 0.593. The Morgan fingerprint density at radius 3 is 3.06 bits per heavy atom. The van der Waals surface area contributed by atoms with Gasteiger partial charge >= 0.3 is 0 Å². The third kappa shape index (κ3) is 2.64. The number of hydrogen-bond donors (Lipinski definition) is 2. The number of nitrogens with zero attached hydrogens (tertiary/aromatic N) is 2. The van der Waals surface area contributed by atoms with Gasteiger partial charge in [-0.25, -0.2) is 4.98 Å². The van der Waals surface area contributed by atoms with Crippen LogP contribution in [-0.2, 0) is 0 Å². The number of anilines is 2. The highest BCUT2D eigenvalue weighted by Crippen LogP contribution is 2.38. The summed E-state index contributed by atoms with van der Waals surface area (Å²) in [6.07, 6.45) is 5.60. The van der Waals surface area contributed by atoms with Crippen LogP contribution in [0.3, 0.4) is 0 Å². The van der Waals surface area contributed by atoms with Gasteiger partial charge in [-0.05, 0) is 34.7 Å². The van der Waals surface area contributed by atoms with E-state index in [0.29, 0.717) is 12.0 Å². The van der Waals surface area contributed by atoms with Crippen molar-refractivity contribution in [3.8, 4) is 0 Å². The lowest BCUT2D eigenvalue weighted by atomic mass is 10.2. The Bertz CT molecular complexity index is 369. The summed E-state index contributed by atoms with van der Waals surface area (Å²) in [5.41, 5.74) is 0. The first-order valence-corrected chi connectivity index (χ1v) is 6.50. The van der Waals surface area contributed by atoms with Gasteiger partial charge in [-0.1, -0.05) is 13.3 Å². The number of rotatable bonds is 5. The molecule has 16 heavy (non-hydrogen) atoms. The van der Waals surface area contributed by atoms with E-state index < -0.39 is 0 Å². The highest BCUT2D eigenvalue weighted by Gasteiger charge is 2.36. The van der Waals surface area contributed by atoms with Gasteiger partial charge in [0.15, 0.2) is 0 Å². The van der Waals surface area contributed by atoms with Crippen molar-refractivity contribution in [3.05, 3.63) is 10.7 Å². The van der Waals surface area contributed by atoms with Crippen LogP contribution < -0.4 is 10.6 Å². The Balaban J connectivity index is 1.99. The molecule has 1 aliphatic rings. The Labute approximate surface area is 104 Å². The molecule has 1 aliphatic carbocycles. The predicted octanol–water partition coefficient (Wildman–Crippen LogP) is 2.88. The second kappa shape index (κ2) is 4.99. The molecule has 2 N–H and O–H groups in total. The van der Waals surface area contributed by atoms with Gasteiger partial charge in [0.2, 0.25) is 5.95 Å². The van der Waals surface area contributed by atoms with E-state index in [0.717, 1.165) is 16.2 Å². The van der Waals surface area contributed by atoms with E-state index in [2.05, 4.69) is 43.5 Å². The first-order chi connectivity index (χ1) is 7.74. The molecule has 0 spiro atoms. The molecule has 0 bridgehead atoms.